The Morgan fingerprint density at radius 3 is 1.82 bits per heavy atom. The molecule has 0 aliphatic carbocycles. The third kappa shape index (κ3) is 6.22. The van der Waals surface area contributed by atoms with Gasteiger partial charge in [-0.25, -0.2) is 4.79 Å². The van der Waals surface area contributed by atoms with Gasteiger partial charge < -0.3 is 24.4 Å². The predicted octanol–water partition coefficient (Wildman–Crippen LogP) is 2.90. The number of esters is 3. The number of aliphatic hydroxyl groups excluding tert-OH is 1. The van der Waals surface area contributed by atoms with Gasteiger partial charge in [0.05, 0.1) is 16.2 Å². The van der Waals surface area contributed by atoms with Gasteiger partial charge in [0.25, 0.3) is 0 Å². The summed E-state index contributed by atoms with van der Waals surface area (Å²) in [6.45, 7) is 10.6. The van der Waals surface area contributed by atoms with Crippen LogP contribution in [0, 0.1) is 16.2 Å². The van der Waals surface area contributed by atoms with Crippen LogP contribution in [0.1, 0.15) is 47.1 Å². The van der Waals surface area contributed by atoms with Crippen LogP contribution in [0.4, 0.5) is 0 Å². The quantitative estimate of drug-likeness (QED) is 0.264. The van der Waals surface area contributed by atoms with Gasteiger partial charge in [0.15, 0.2) is 0 Å². The number of ether oxygens (including phenoxy) is 3. The van der Waals surface area contributed by atoms with Crippen LogP contribution < -0.4 is 0 Å². The molecular weight excluding hydrogens is 444 g/mol. The minimum atomic E-state index is -1.96. The molecule has 188 valence electrons. The molecule has 0 heterocycles. The highest BCUT2D eigenvalue weighted by Gasteiger charge is 2.64. The molecule has 0 fully saturated rings. The van der Waals surface area contributed by atoms with Crippen LogP contribution in [-0.4, -0.2) is 53.4 Å². The lowest BCUT2D eigenvalue weighted by Gasteiger charge is -2.47. The number of benzene rings is 1. The molecule has 0 aliphatic heterocycles. The monoisotopic (exact) mass is 478 g/mol. The Labute approximate surface area is 199 Å². The minimum absolute atomic E-state index is 0.0568. The second kappa shape index (κ2) is 11.3. The van der Waals surface area contributed by atoms with Gasteiger partial charge in [0.1, 0.15) is 25.9 Å². The Hall–Kier alpha value is -3.20. The number of carbonyl (C=O) groups excluding carboxylic acids is 3. The van der Waals surface area contributed by atoms with Gasteiger partial charge in [0.2, 0.25) is 0 Å². The minimum Gasteiger partial charge on any atom is -0.481 e. The maximum atomic E-state index is 13.0. The third-order valence-corrected chi connectivity index (χ3v) is 6.32. The van der Waals surface area contributed by atoms with E-state index in [0.29, 0.717) is 0 Å². The first kappa shape index (κ1) is 28.8. The number of hydrogen-bond acceptors (Lipinski definition) is 8. The number of carboxylic acids is 1. The van der Waals surface area contributed by atoms with E-state index in [1.165, 1.54) is 41.5 Å². The van der Waals surface area contributed by atoms with Gasteiger partial charge >= 0.3 is 23.9 Å². The molecular formula is C25H34O9. The first-order valence-corrected chi connectivity index (χ1v) is 10.7. The summed E-state index contributed by atoms with van der Waals surface area (Å²) in [6, 6.07) is 8.89. The first-order valence-electron chi connectivity index (χ1n) is 10.7. The fraction of sp³-hybridized carbons (Fsp3) is 0.520. The van der Waals surface area contributed by atoms with Gasteiger partial charge in [0, 0.05) is 5.57 Å². The lowest BCUT2D eigenvalue weighted by molar-refractivity contribution is -0.196. The number of carbonyl (C=O) groups is 4. The van der Waals surface area contributed by atoms with E-state index >= 15 is 0 Å². The van der Waals surface area contributed by atoms with Crippen LogP contribution in [0.25, 0.3) is 0 Å². The fourth-order valence-corrected chi connectivity index (χ4v) is 3.32. The highest BCUT2D eigenvalue weighted by Crippen LogP contribution is 2.53. The predicted molar refractivity (Wildman–Crippen MR) is 122 cm³/mol. The fourth-order valence-electron chi connectivity index (χ4n) is 3.32. The van der Waals surface area contributed by atoms with E-state index in [4.69, 9.17) is 14.2 Å². The summed E-state index contributed by atoms with van der Waals surface area (Å²) in [4.78, 5) is 49.8. The molecule has 2 N–H and O–H groups in total. The second-order valence-corrected chi connectivity index (χ2v) is 9.37. The normalized spacial score (nSPS) is 14.3. The third-order valence-electron chi connectivity index (χ3n) is 6.32. The van der Waals surface area contributed by atoms with Crippen molar-refractivity contribution in [2.75, 3.05) is 13.2 Å². The van der Waals surface area contributed by atoms with E-state index in [0.717, 1.165) is 5.56 Å². The van der Waals surface area contributed by atoms with Crippen LogP contribution in [0.5, 0.6) is 0 Å². The van der Waals surface area contributed by atoms with Crippen molar-refractivity contribution in [3.05, 3.63) is 48.0 Å². The SMILES string of the molecule is C=C(C)C(=O)OCC(O)COC(=O)C(C)(C)C(C)(C(=O)O)C(C)(C)C(=O)OCc1ccccc1. The highest BCUT2D eigenvalue weighted by atomic mass is 16.6. The molecule has 0 saturated carbocycles. The summed E-state index contributed by atoms with van der Waals surface area (Å²) in [7, 11) is 0. The Bertz CT molecular complexity index is 918. The second-order valence-electron chi connectivity index (χ2n) is 9.37. The summed E-state index contributed by atoms with van der Waals surface area (Å²) < 4.78 is 15.3. The smallest absolute Gasteiger partial charge is 0.333 e. The zero-order valence-electron chi connectivity index (χ0n) is 20.5. The maximum Gasteiger partial charge on any atom is 0.333 e. The van der Waals surface area contributed by atoms with Crippen molar-refractivity contribution < 1.29 is 43.6 Å². The van der Waals surface area contributed by atoms with Crippen LogP contribution >= 0.6 is 0 Å². The molecule has 0 bridgehead atoms. The largest absolute Gasteiger partial charge is 0.481 e. The number of aliphatic hydroxyl groups is 1. The van der Waals surface area contributed by atoms with Gasteiger partial charge in [-0.3, -0.25) is 14.4 Å². The Balaban J connectivity index is 2.98. The first-order chi connectivity index (χ1) is 15.6. The highest BCUT2D eigenvalue weighted by molar-refractivity contribution is 5.93. The Morgan fingerprint density at radius 1 is 0.882 bits per heavy atom. The molecule has 0 aromatic heterocycles. The summed E-state index contributed by atoms with van der Waals surface area (Å²) in [6.07, 6.45) is -1.33. The summed E-state index contributed by atoms with van der Waals surface area (Å²) >= 11 is 0. The average molecular weight is 479 g/mol. The molecule has 0 aliphatic rings. The Morgan fingerprint density at radius 2 is 1.35 bits per heavy atom. The number of aliphatic carboxylic acids is 1. The number of hydrogen-bond donors (Lipinski definition) is 2. The van der Waals surface area contributed by atoms with E-state index in [2.05, 4.69) is 6.58 Å². The molecule has 1 aromatic carbocycles. The van der Waals surface area contributed by atoms with Crippen molar-refractivity contribution in [2.45, 2.75) is 54.3 Å². The summed E-state index contributed by atoms with van der Waals surface area (Å²) in [5, 5.41) is 20.1. The van der Waals surface area contributed by atoms with E-state index in [1.54, 1.807) is 24.3 Å². The lowest BCUT2D eigenvalue weighted by atomic mass is 9.53. The van der Waals surface area contributed by atoms with Gasteiger partial charge in [-0.15, -0.1) is 0 Å². The standard InChI is InChI=1S/C25H34O9/c1-16(2)19(27)32-14-18(26)15-34-22(31)24(5,6)25(7,20(28)29)23(3,4)21(30)33-13-17-11-9-8-10-12-17/h8-12,18,26H,1,13-15H2,2-7H3,(H,28,29). The van der Waals surface area contributed by atoms with Crippen molar-refractivity contribution in [3.8, 4) is 0 Å². The molecule has 0 radical (unpaired) electrons. The molecule has 1 aromatic rings. The van der Waals surface area contributed by atoms with Crippen molar-refractivity contribution >= 4 is 23.9 Å². The van der Waals surface area contributed by atoms with Crippen molar-refractivity contribution in [1.82, 2.24) is 0 Å². The van der Waals surface area contributed by atoms with Crippen molar-refractivity contribution in [3.63, 3.8) is 0 Å². The topological polar surface area (TPSA) is 136 Å². The number of rotatable bonds is 12. The van der Waals surface area contributed by atoms with E-state index in [1.807, 2.05) is 6.07 Å². The maximum absolute atomic E-state index is 13.0. The molecule has 2 atom stereocenters. The summed E-state index contributed by atoms with van der Waals surface area (Å²) in [5.41, 5.74) is -4.46. The molecule has 1 rings (SSSR count). The molecule has 9 heteroatoms. The summed E-state index contributed by atoms with van der Waals surface area (Å²) in [5.74, 6) is -3.85. The Kier molecular flexibility index (Phi) is 9.57. The lowest BCUT2D eigenvalue weighted by Crippen LogP contribution is -2.59. The zero-order chi connectivity index (χ0) is 26.3. The molecule has 0 saturated heterocycles. The van der Waals surface area contributed by atoms with E-state index < -0.39 is 59.4 Å². The van der Waals surface area contributed by atoms with Gasteiger partial charge in [-0.2, -0.15) is 0 Å². The van der Waals surface area contributed by atoms with Crippen molar-refractivity contribution in [2.24, 2.45) is 16.2 Å². The van der Waals surface area contributed by atoms with Crippen molar-refractivity contribution in [1.29, 1.82) is 0 Å². The van der Waals surface area contributed by atoms with E-state index in [9.17, 15) is 29.4 Å². The zero-order valence-corrected chi connectivity index (χ0v) is 20.5. The van der Waals surface area contributed by atoms with E-state index in [-0.39, 0.29) is 12.2 Å². The van der Waals surface area contributed by atoms with Gasteiger partial charge in [-0.1, -0.05) is 36.9 Å². The van der Waals surface area contributed by atoms with Crippen LogP contribution in [0.3, 0.4) is 0 Å². The van der Waals surface area contributed by atoms with Crippen LogP contribution in [0.15, 0.2) is 42.5 Å². The van der Waals surface area contributed by atoms with Gasteiger partial charge in [-0.05, 0) is 47.1 Å². The molecule has 9 nitrogen and oxygen atoms in total. The molecule has 0 spiro atoms. The number of carboxylic acid groups (broad SMARTS) is 1. The molecule has 34 heavy (non-hydrogen) atoms. The molecule has 2 unspecified atom stereocenters. The average Bonchev–Trinajstić information content (AvgIpc) is 2.78. The van der Waals surface area contributed by atoms with Crippen LogP contribution in [0.2, 0.25) is 0 Å². The molecule has 0 amide bonds. The van der Waals surface area contributed by atoms with Crippen LogP contribution in [-0.2, 0) is 40.0 Å².